The van der Waals surface area contributed by atoms with Crippen molar-refractivity contribution in [3.8, 4) is 0 Å². The minimum absolute atomic E-state index is 0. The van der Waals surface area contributed by atoms with E-state index in [2.05, 4.69) is 85.9 Å². The largest absolute Gasteiger partial charge is 0.268 e. The molecule has 0 nitrogen and oxygen atoms in total. The third-order valence-corrected chi connectivity index (χ3v) is 3.95. The van der Waals surface area contributed by atoms with Gasteiger partial charge in [-0.3, -0.25) is 6.08 Å². The Kier molecular flexibility index (Phi) is 6.35. The number of rotatable bonds is 1. The van der Waals surface area contributed by atoms with E-state index in [-0.39, 0.29) is 26.2 Å². The van der Waals surface area contributed by atoms with Crippen molar-refractivity contribution in [2.75, 3.05) is 0 Å². The molecule has 0 N–H and O–H groups in total. The van der Waals surface area contributed by atoms with E-state index in [1.165, 1.54) is 22.3 Å². The summed E-state index contributed by atoms with van der Waals surface area (Å²) >= 11 is 0. The Hall–Kier alpha value is -0.980. The molecule has 2 aliphatic rings. The van der Waals surface area contributed by atoms with Crippen molar-refractivity contribution in [1.82, 2.24) is 0 Å². The molecule has 2 radical (unpaired) electrons. The van der Waals surface area contributed by atoms with Gasteiger partial charge in [0.15, 0.2) is 0 Å². The van der Waals surface area contributed by atoms with Gasteiger partial charge in [0.25, 0.3) is 0 Å². The standard InChI is InChI=1S/C18H13.C2H6Si.Zr/c1-3-7-15-13(5-1)9-11-17(15)18-12-10-14-6-2-4-8-16(14)18;1-3-2;/h1-11,17-18H;1-2H3;/q-1;;. The van der Waals surface area contributed by atoms with Gasteiger partial charge in [0.2, 0.25) is 0 Å². The Bertz CT molecular complexity index is 628. The smallest absolute Gasteiger partial charge is 0.0307 e. The van der Waals surface area contributed by atoms with Crippen LogP contribution in [0.15, 0.2) is 54.6 Å². The monoisotopic (exact) mass is 377 g/mol. The van der Waals surface area contributed by atoms with Gasteiger partial charge in [-0.1, -0.05) is 73.6 Å². The van der Waals surface area contributed by atoms with E-state index in [9.17, 15) is 0 Å². The SMILES string of the molecule is C[Si]C.[C-]1=Cc2ccccc2C1C1C=Cc2ccccc21.[Zr]. The molecule has 2 aliphatic carbocycles. The van der Waals surface area contributed by atoms with Crippen molar-refractivity contribution in [2.24, 2.45) is 0 Å². The summed E-state index contributed by atoms with van der Waals surface area (Å²) in [5.74, 6) is 0.821. The zero-order valence-electron chi connectivity index (χ0n) is 13.0. The number of hydrogen-bond donors (Lipinski definition) is 0. The summed E-state index contributed by atoms with van der Waals surface area (Å²) in [6.07, 6.45) is 10.2. The van der Waals surface area contributed by atoms with Gasteiger partial charge in [0.1, 0.15) is 0 Å². The van der Waals surface area contributed by atoms with Crippen molar-refractivity contribution in [2.45, 2.75) is 24.9 Å². The predicted molar refractivity (Wildman–Crippen MR) is 92.6 cm³/mol. The molecule has 0 spiro atoms. The van der Waals surface area contributed by atoms with Gasteiger partial charge >= 0.3 is 0 Å². The van der Waals surface area contributed by atoms with E-state index < -0.39 is 0 Å². The molecule has 2 aromatic rings. The molecule has 2 heteroatoms. The van der Waals surface area contributed by atoms with Crippen LogP contribution in [0.25, 0.3) is 12.2 Å². The Morgan fingerprint density at radius 2 is 1.45 bits per heavy atom. The van der Waals surface area contributed by atoms with Crippen LogP contribution in [0, 0.1) is 6.08 Å². The van der Waals surface area contributed by atoms with E-state index in [1.54, 1.807) is 0 Å². The van der Waals surface area contributed by atoms with E-state index in [0.29, 0.717) is 11.8 Å². The molecule has 2 atom stereocenters. The fourth-order valence-electron chi connectivity index (χ4n) is 3.06. The van der Waals surface area contributed by atoms with Crippen molar-refractivity contribution < 1.29 is 26.2 Å². The van der Waals surface area contributed by atoms with E-state index in [4.69, 9.17) is 0 Å². The van der Waals surface area contributed by atoms with Gasteiger partial charge in [-0.05, 0) is 17.0 Å². The van der Waals surface area contributed by atoms with E-state index in [0.717, 1.165) is 9.52 Å². The second kappa shape index (κ2) is 8.04. The molecule has 2 unspecified atom stereocenters. The first-order valence-corrected chi connectivity index (χ1v) is 9.39. The molecule has 0 bridgehead atoms. The molecule has 2 aromatic carbocycles. The fourth-order valence-corrected chi connectivity index (χ4v) is 3.06. The first-order chi connectivity index (χ1) is 10.3. The summed E-state index contributed by atoms with van der Waals surface area (Å²) < 4.78 is 0. The third kappa shape index (κ3) is 3.34. The van der Waals surface area contributed by atoms with Gasteiger partial charge in [-0.15, -0.1) is 11.6 Å². The van der Waals surface area contributed by atoms with Crippen LogP contribution in [0.3, 0.4) is 0 Å². The molecule has 0 aromatic heterocycles. The Morgan fingerprint density at radius 3 is 2.18 bits per heavy atom. The maximum absolute atomic E-state index is 3.53. The van der Waals surface area contributed by atoms with Gasteiger partial charge in [-0.2, -0.15) is 5.56 Å². The number of benzene rings is 2. The van der Waals surface area contributed by atoms with Crippen LogP contribution < -0.4 is 0 Å². The average Bonchev–Trinajstić information content (AvgIpc) is 3.11. The minimum atomic E-state index is 0. The first kappa shape index (κ1) is 17.4. The van der Waals surface area contributed by atoms with Crippen molar-refractivity contribution in [1.29, 1.82) is 0 Å². The second-order valence-electron chi connectivity index (χ2n) is 5.43. The van der Waals surface area contributed by atoms with Crippen molar-refractivity contribution in [3.05, 3.63) is 82.9 Å². The Balaban J connectivity index is 0.000000411. The van der Waals surface area contributed by atoms with Crippen molar-refractivity contribution >= 4 is 21.7 Å². The van der Waals surface area contributed by atoms with Gasteiger partial charge in [-0.25, -0.2) is 6.08 Å². The third-order valence-electron chi connectivity index (χ3n) is 3.95. The van der Waals surface area contributed by atoms with E-state index in [1.807, 2.05) is 0 Å². The fraction of sp³-hybridized carbons (Fsp3) is 0.200. The average molecular weight is 379 g/mol. The molecular formula is C20H19SiZr-. The molecular weight excluding hydrogens is 360 g/mol. The topological polar surface area (TPSA) is 0 Å². The van der Waals surface area contributed by atoms with Crippen LogP contribution in [0.2, 0.25) is 13.1 Å². The van der Waals surface area contributed by atoms with Gasteiger partial charge in [0, 0.05) is 35.7 Å². The summed E-state index contributed by atoms with van der Waals surface area (Å²) in [6.45, 7) is 4.31. The number of hydrogen-bond acceptors (Lipinski definition) is 0. The van der Waals surface area contributed by atoms with Crippen LogP contribution in [0.4, 0.5) is 0 Å². The quantitative estimate of drug-likeness (QED) is 0.473. The molecule has 0 aliphatic heterocycles. The van der Waals surface area contributed by atoms with Gasteiger partial charge < -0.3 is 0 Å². The second-order valence-corrected chi connectivity index (χ2v) is 6.43. The summed E-state index contributed by atoms with van der Waals surface area (Å²) in [7, 11) is 1.08. The van der Waals surface area contributed by atoms with Crippen LogP contribution in [-0.2, 0) is 26.2 Å². The molecule has 108 valence electrons. The molecule has 22 heavy (non-hydrogen) atoms. The molecule has 0 saturated heterocycles. The summed E-state index contributed by atoms with van der Waals surface area (Å²) in [5.41, 5.74) is 5.51. The van der Waals surface area contributed by atoms with E-state index >= 15 is 0 Å². The Morgan fingerprint density at radius 1 is 0.864 bits per heavy atom. The zero-order chi connectivity index (χ0) is 14.7. The zero-order valence-corrected chi connectivity index (χ0v) is 16.5. The molecule has 0 saturated carbocycles. The first-order valence-electron chi connectivity index (χ1n) is 7.39. The number of fused-ring (bicyclic) bond motifs is 2. The normalized spacial score (nSPS) is 19.7. The predicted octanol–water partition coefficient (Wildman–Crippen LogP) is 5.20. The Labute approximate surface area is 155 Å². The minimum Gasteiger partial charge on any atom is -0.268 e. The molecule has 0 heterocycles. The molecule has 4 rings (SSSR count). The summed E-state index contributed by atoms with van der Waals surface area (Å²) in [5, 5.41) is 0. The maximum atomic E-state index is 3.53. The maximum Gasteiger partial charge on any atom is 0.0307 e. The summed E-state index contributed by atoms with van der Waals surface area (Å²) in [4.78, 5) is 0. The van der Waals surface area contributed by atoms with Crippen LogP contribution in [-0.4, -0.2) is 9.52 Å². The molecule has 0 amide bonds. The summed E-state index contributed by atoms with van der Waals surface area (Å²) in [6, 6.07) is 17.3. The van der Waals surface area contributed by atoms with Gasteiger partial charge in [0.05, 0.1) is 0 Å². The van der Waals surface area contributed by atoms with Crippen LogP contribution in [0.1, 0.15) is 34.1 Å². The van der Waals surface area contributed by atoms with Crippen molar-refractivity contribution in [3.63, 3.8) is 0 Å². The molecule has 0 fully saturated rings. The van der Waals surface area contributed by atoms with Crippen LogP contribution in [0.5, 0.6) is 0 Å². The number of allylic oxidation sites excluding steroid dienone is 2. The van der Waals surface area contributed by atoms with Crippen LogP contribution >= 0.6 is 0 Å².